The molecule has 0 aliphatic rings. The third-order valence-corrected chi connectivity index (χ3v) is 6.14. The minimum Gasteiger partial charge on any atom is -0.494 e. The fourth-order valence-electron chi connectivity index (χ4n) is 4.14. The molecule has 180 valence electrons. The SMILES string of the molecule is CCCCCCCCCOc1ccc2c(OCCCCCCCCC)c(OC)ccc2c1. The highest BCUT2D eigenvalue weighted by Crippen LogP contribution is 2.37. The van der Waals surface area contributed by atoms with E-state index in [1.807, 2.05) is 6.07 Å². The summed E-state index contributed by atoms with van der Waals surface area (Å²) in [5.74, 6) is 2.60. The zero-order valence-electron chi connectivity index (χ0n) is 20.9. The molecule has 2 aromatic rings. The van der Waals surface area contributed by atoms with Gasteiger partial charge in [-0.15, -0.1) is 0 Å². The van der Waals surface area contributed by atoms with E-state index >= 15 is 0 Å². The molecule has 0 aromatic heterocycles. The maximum atomic E-state index is 6.20. The molecule has 0 aliphatic heterocycles. The van der Waals surface area contributed by atoms with E-state index in [1.54, 1.807) is 7.11 Å². The van der Waals surface area contributed by atoms with Gasteiger partial charge in [0.25, 0.3) is 0 Å². The Balaban J connectivity index is 1.81. The molecular formula is C29H46O3. The predicted molar refractivity (Wildman–Crippen MR) is 137 cm³/mol. The van der Waals surface area contributed by atoms with Crippen LogP contribution in [0.2, 0.25) is 0 Å². The van der Waals surface area contributed by atoms with Gasteiger partial charge in [-0.2, -0.15) is 0 Å². The Morgan fingerprint density at radius 1 is 0.594 bits per heavy atom. The van der Waals surface area contributed by atoms with Crippen LogP contribution in [0.3, 0.4) is 0 Å². The van der Waals surface area contributed by atoms with Crippen LogP contribution in [0.5, 0.6) is 17.2 Å². The lowest BCUT2D eigenvalue weighted by Crippen LogP contribution is -2.01. The Hall–Kier alpha value is -1.90. The number of methoxy groups -OCH3 is 1. The maximum Gasteiger partial charge on any atom is 0.168 e. The molecule has 3 heteroatoms. The van der Waals surface area contributed by atoms with Crippen molar-refractivity contribution < 1.29 is 14.2 Å². The summed E-state index contributed by atoms with van der Waals surface area (Å²) < 4.78 is 17.8. The van der Waals surface area contributed by atoms with E-state index in [4.69, 9.17) is 14.2 Å². The molecule has 0 saturated heterocycles. The van der Waals surface area contributed by atoms with Crippen molar-refractivity contribution in [2.45, 2.75) is 104 Å². The number of ether oxygens (including phenoxy) is 3. The lowest BCUT2D eigenvalue weighted by atomic mass is 10.1. The highest BCUT2D eigenvalue weighted by Gasteiger charge is 2.11. The average Bonchev–Trinajstić information content (AvgIpc) is 2.82. The quantitative estimate of drug-likeness (QED) is 0.203. The molecule has 0 heterocycles. The van der Waals surface area contributed by atoms with E-state index in [2.05, 4.69) is 38.1 Å². The van der Waals surface area contributed by atoms with Gasteiger partial charge in [0.1, 0.15) is 5.75 Å². The molecule has 0 atom stereocenters. The number of benzene rings is 2. The highest BCUT2D eigenvalue weighted by molar-refractivity contribution is 5.91. The smallest absolute Gasteiger partial charge is 0.168 e. The van der Waals surface area contributed by atoms with Crippen LogP contribution >= 0.6 is 0 Å². The predicted octanol–water partition coefficient (Wildman–Crippen LogP) is 9.11. The van der Waals surface area contributed by atoms with Gasteiger partial charge in [0.05, 0.1) is 20.3 Å². The first-order valence-corrected chi connectivity index (χ1v) is 13.2. The lowest BCUT2D eigenvalue weighted by molar-refractivity contribution is 0.288. The first-order valence-electron chi connectivity index (χ1n) is 13.2. The zero-order valence-corrected chi connectivity index (χ0v) is 20.9. The van der Waals surface area contributed by atoms with Gasteiger partial charge in [0, 0.05) is 5.39 Å². The van der Waals surface area contributed by atoms with Gasteiger partial charge in [-0.3, -0.25) is 0 Å². The van der Waals surface area contributed by atoms with E-state index in [1.165, 1.54) is 77.0 Å². The van der Waals surface area contributed by atoms with Crippen LogP contribution in [0, 0.1) is 0 Å². The second-order valence-corrected chi connectivity index (χ2v) is 8.92. The van der Waals surface area contributed by atoms with Crippen LogP contribution in [0.1, 0.15) is 104 Å². The maximum absolute atomic E-state index is 6.20. The first kappa shape index (κ1) is 26.4. The van der Waals surface area contributed by atoms with Crippen LogP contribution in [-0.4, -0.2) is 20.3 Å². The normalized spacial score (nSPS) is 11.1. The molecule has 0 unspecified atom stereocenters. The van der Waals surface area contributed by atoms with Crippen molar-refractivity contribution in [1.82, 2.24) is 0 Å². The largest absolute Gasteiger partial charge is 0.494 e. The summed E-state index contributed by atoms with van der Waals surface area (Å²) in [7, 11) is 1.71. The van der Waals surface area contributed by atoms with Crippen LogP contribution < -0.4 is 14.2 Å². The zero-order chi connectivity index (χ0) is 22.9. The minimum atomic E-state index is 0.736. The van der Waals surface area contributed by atoms with Crippen LogP contribution in [0.4, 0.5) is 0 Å². The number of unbranched alkanes of at least 4 members (excludes halogenated alkanes) is 12. The summed E-state index contributed by atoms with van der Waals surface area (Å²) in [6.45, 7) is 6.05. The van der Waals surface area contributed by atoms with Crippen LogP contribution in [0.25, 0.3) is 10.8 Å². The van der Waals surface area contributed by atoms with Gasteiger partial charge in [-0.25, -0.2) is 0 Å². The molecule has 0 saturated carbocycles. The van der Waals surface area contributed by atoms with Gasteiger partial charge < -0.3 is 14.2 Å². The molecule has 0 amide bonds. The van der Waals surface area contributed by atoms with Crippen molar-refractivity contribution in [3.05, 3.63) is 30.3 Å². The standard InChI is InChI=1S/C29H46O3/c1-4-6-8-10-12-14-16-22-31-26-19-20-27-25(24-26)18-21-28(30-3)29(27)32-23-17-15-13-11-9-7-5-2/h18-21,24H,4-17,22-23H2,1-3H3. The van der Waals surface area contributed by atoms with E-state index < -0.39 is 0 Å². The molecule has 0 spiro atoms. The van der Waals surface area contributed by atoms with Crippen LogP contribution in [-0.2, 0) is 0 Å². The third-order valence-electron chi connectivity index (χ3n) is 6.14. The topological polar surface area (TPSA) is 27.7 Å². The number of hydrogen-bond acceptors (Lipinski definition) is 3. The summed E-state index contributed by atoms with van der Waals surface area (Å²) in [6, 6.07) is 10.4. The van der Waals surface area contributed by atoms with Gasteiger partial charge in [0.15, 0.2) is 11.5 Å². The van der Waals surface area contributed by atoms with Gasteiger partial charge in [0.2, 0.25) is 0 Å². The van der Waals surface area contributed by atoms with E-state index in [9.17, 15) is 0 Å². The second kappa shape index (κ2) is 16.7. The summed E-state index contributed by atoms with van der Waals surface area (Å²) >= 11 is 0. The Morgan fingerprint density at radius 2 is 1.16 bits per heavy atom. The Bertz CT molecular complexity index is 741. The second-order valence-electron chi connectivity index (χ2n) is 8.92. The van der Waals surface area contributed by atoms with Crippen molar-refractivity contribution in [3.8, 4) is 17.2 Å². The van der Waals surface area contributed by atoms with Gasteiger partial charge in [-0.1, -0.05) is 97.0 Å². The van der Waals surface area contributed by atoms with Crippen molar-refractivity contribution in [2.75, 3.05) is 20.3 Å². The van der Waals surface area contributed by atoms with Crippen molar-refractivity contribution in [2.24, 2.45) is 0 Å². The molecule has 32 heavy (non-hydrogen) atoms. The molecular weight excluding hydrogens is 396 g/mol. The lowest BCUT2D eigenvalue weighted by Gasteiger charge is -2.14. The van der Waals surface area contributed by atoms with Gasteiger partial charge in [-0.05, 0) is 42.5 Å². The molecule has 0 bridgehead atoms. The molecule has 0 aliphatic carbocycles. The number of rotatable bonds is 19. The summed E-state index contributed by atoms with van der Waals surface area (Å²) in [4.78, 5) is 0. The Labute approximate surface area is 196 Å². The van der Waals surface area contributed by atoms with E-state index in [-0.39, 0.29) is 0 Å². The molecule has 0 fully saturated rings. The monoisotopic (exact) mass is 442 g/mol. The molecule has 2 rings (SSSR count). The molecule has 2 aromatic carbocycles. The van der Waals surface area contributed by atoms with E-state index in [0.717, 1.165) is 54.1 Å². The average molecular weight is 443 g/mol. The highest BCUT2D eigenvalue weighted by atomic mass is 16.5. The fourth-order valence-corrected chi connectivity index (χ4v) is 4.14. The Kier molecular flexibility index (Phi) is 13.7. The molecule has 3 nitrogen and oxygen atoms in total. The van der Waals surface area contributed by atoms with E-state index in [0.29, 0.717) is 0 Å². The third kappa shape index (κ3) is 9.71. The fraction of sp³-hybridized carbons (Fsp3) is 0.655. The van der Waals surface area contributed by atoms with Crippen molar-refractivity contribution in [1.29, 1.82) is 0 Å². The summed E-state index contributed by atoms with van der Waals surface area (Å²) in [5.41, 5.74) is 0. The summed E-state index contributed by atoms with van der Waals surface area (Å²) in [5, 5.41) is 2.23. The summed E-state index contributed by atoms with van der Waals surface area (Å²) in [6.07, 6.45) is 18.1. The number of hydrogen-bond donors (Lipinski definition) is 0. The van der Waals surface area contributed by atoms with Crippen molar-refractivity contribution in [3.63, 3.8) is 0 Å². The van der Waals surface area contributed by atoms with Crippen LogP contribution in [0.15, 0.2) is 30.3 Å². The van der Waals surface area contributed by atoms with Crippen molar-refractivity contribution >= 4 is 10.8 Å². The first-order chi connectivity index (χ1) is 15.8. The molecule has 0 N–H and O–H groups in total. The molecule has 0 radical (unpaired) electrons. The Morgan fingerprint density at radius 3 is 1.75 bits per heavy atom. The minimum absolute atomic E-state index is 0.736. The van der Waals surface area contributed by atoms with Gasteiger partial charge >= 0.3 is 0 Å². The number of fused-ring (bicyclic) bond motifs is 1.